The maximum atomic E-state index is 13.0. The first-order chi connectivity index (χ1) is 10.7. The molecule has 0 aliphatic carbocycles. The molecule has 0 aliphatic heterocycles. The SMILES string of the molecule is N[C@H](c1ccc(F)cc1)c1cc(P)cc(OC(F)(F)C(F)F)c1. The molecule has 2 N–H and O–H groups in total. The second-order valence-corrected chi connectivity index (χ2v) is 5.50. The highest BCUT2D eigenvalue weighted by atomic mass is 31.0. The van der Waals surface area contributed by atoms with Gasteiger partial charge in [-0.05, 0) is 46.8 Å². The molecular formula is C15H13F5NOP. The summed E-state index contributed by atoms with van der Waals surface area (Å²) in [6, 6.07) is 8.46. The number of ether oxygens (including phenoxy) is 1. The molecule has 124 valence electrons. The van der Waals surface area contributed by atoms with Crippen LogP contribution in [0, 0.1) is 5.82 Å². The Bertz CT molecular complexity index is 678. The van der Waals surface area contributed by atoms with Gasteiger partial charge in [0.25, 0.3) is 0 Å². The summed E-state index contributed by atoms with van der Waals surface area (Å²) in [6.45, 7) is 0. The molecule has 2 atom stereocenters. The Morgan fingerprint density at radius 1 is 1.00 bits per heavy atom. The van der Waals surface area contributed by atoms with Crippen LogP contribution in [0.25, 0.3) is 0 Å². The molecule has 0 saturated carbocycles. The van der Waals surface area contributed by atoms with Gasteiger partial charge < -0.3 is 10.5 Å². The van der Waals surface area contributed by atoms with Crippen LogP contribution in [0.3, 0.4) is 0 Å². The summed E-state index contributed by atoms with van der Waals surface area (Å²) in [4.78, 5) is 0. The van der Waals surface area contributed by atoms with E-state index < -0.39 is 30.1 Å². The van der Waals surface area contributed by atoms with Crippen LogP contribution in [0.15, 0.2) is 42.5 Å². The average Bonchev–Trinajstić information content (AvgIpc) is 2.46. The summed E-state index contributed by atoms with van der Waals surface area (Å²) in [5, 5.41) is 0.431. The predicted molar refractivity (Wildman–Crippen MR) is 79.8 cm³/mol. The largest absolute Gasteiger partial charge is 0.461 e. The number of hydrogen-bond donors (Lipinski definition) is 1. The van der Waals surface area contributed by atoms with Gasteiger partial charge in [0.1, 0.15) is 11.6 Å². The minimum absolute atomic E-state index is 0.365. The number of rotatable bonds is 5. The molecule has 23 heavy (non-hydrogen) atoms. The van der Waals surface area contributed by atoms with E-state index in [0.717, 1.165) is 6.07 Å². The summed E-state index contributed by atoms with van der Waals surface area (Å²) < 4.78 is 67.5. The summed E-state index contributed by atoms with van der Waals surface area (Å²) in [7, 11) is 2.25. The normalized spacial score (nSPS) is 13.2. The lowest BCUT2D eigenvalue weighted by Gasteiger charge is -2.19. The third-order valence-electron chi connectivity index (χ3n) is 3.05. The number of halogens is 5. The molecule has 0 fully saturated rings. The minimum atomic E-state index is -4.60. The van der Waals surface area contributed by atoms with E-state index in [1.165, 1.54) is 30.3 Å². The van der Waals surface area contributed by atoms with Gasteiger partial charge in [0.05, 0.1) is 6.04 Å². The number of alkyl halides is 4. The first kappa shape index (κ1) is 17.6. The fraction of sp³-hybridized carbons (Fsp3) is 0.200. The molecule has 8 heteroatoms. The molecule has 1 unspecified atom stereocenters. The van der Waals surface area contributed by atoms with Crippen molar-refractivity contribution in [2.45, 2.75) is 18.6 Å². The second-order valence-electron chi connectivity index (χ2n) is 4.83. The van der Waals surface area contributed by atoms with E-state index in [2.05, 4.69) is 14.0 Å². The molecule has 2 rings (SSSR count). The lowest BCUT2D eigenvalue weighted by atomic mass is 9.99. The second kappa shape index (κ2) is 6.81. The lowest BCUT2D eigenvalue weighted by Crippen LogP contribution is -2.33. The van der Waals surface area contributed by atoms with E-state index in [4.69, 9.17) is 5.73 Å². The fourth-order valence-corrected chi connectivity index (χ4v) is 2.31. The van der Waals surface area contributed by atoms with Crippen molar-refractivity contribution in [1.29, 1.82) is 0 Å². The minimum Gasteiger partial charge on any atom is -0.428 e. The standard InChI is InChI=1S/C15H13F5NOP/c16-10-3-1-8(2-4-10)13(21)9-5-11(7-12(23)6-9)22-15(19,20)14(17)18/h1-7,13-14H,21,23H2/t13-/m1/s1. The van der Waals surface area contributed by atoms with Gasteiger partial charge in [0, 0.05) is 0 Å². The van der Waals surface area contributed by atoms with Crippen molar-refractivity contribution >= 4 is 14.5 Å². The van der Waals surface area contributed by atoms with Gasteiger partial charge in [-0.15, -0.1) is 9.24 Å². The maximum absolute atomic E-state index is 13.0. The number of benzene rings is 2. The lowest BCUT2D eigenvalue weighted by molar-refractivity contribution is -0.253. The highest BCUT2D eigenvalue weighted by Gasteiger charge is 2.44. The van der Waals surface area contributed by atoms with E-state index in [9.17, 15) is 22.0 Å². The summed E-state index contributed by atoms with van der Waals surface area (Å²) in [5.74, 6) is -0.878. The van der Waals surface area contributed by atoms with Gasteiger partial charge in [0.15, 0.2) is 0 Å². The number of nitrogens with two attached hydrogens (primary N) is 1. The van der Waals surface area contributed by atoms with Crippen LogP contribution in [-0.4, -0.2) is 12.5 Å². The Labute approximate surface area is 131 Å². The van der Waals surface area contributed by atoms with Crippen LogP contribution in [0.1, 0.15) is 17.2 Å². The summed E-state index contributed by atoms with van der Waals surface area (Å²) >= 11 is 0. The molecule has 2 nitrogen and oxygen atoms in total. The van der Waals surface area contributed by atoms with E-state index in [1.807, 2.05) is 0 Å². The van der Waals surface area contributed by atoms with Crippen LogP contribution in [0.5, 0.6) is 5.75 Å². The quantitative estimate of drug-likeness (QED) is 0.661. The zero-order valence-electron chi connectivity index (χ0n) is 11.6. The van der Waals surface area contributed by atoms with Crippen LogP contribution < -0.4 is 15.8 Å². The zero-order chi connectivity index (χ0) is 17.2. The Balaban J connectivity index is 2.31. The van der Waals surface area contributed by atoms with Crippen molar-refractivity contribution in [1.82, 2.24) is 0 Å². The third kappa shape index (κ3) is 4.39. The Morgan fingerprint density at radius 3 is 2.17 bits per heavy atom. The number of hydrogen-bond acceptors (Lipinski definition) is 2. The van der Waals surface area contributed by atoms with Crippen LogP contribution in [0.4, 0.5) is 22.0 Å². The Hall–Kier alpha value is -1.72. The van der Waals surface area contributed by atoms with E-state index in [0.29, 0.717) is 16.4 Å². The maximum Gasteiger partial charge on any atom is 0.461 e. The molecule has 0 spiro atoms. The van der Waals surface area contributed by atoms with Crippen molar-refractivity contribution < 1.29 is 26.7 Å². The average molecular weight is 349 g/mol. The molecule has 0 saturated heterocycles. The van der Waals surface area contributed by atoms with Gasteiger partial charge >= 0.3 is 12.5 Å². The van der Waals surface area contributed by atoms with Crippen molar-refractivity contribution in [2.75, 3.05) is 0 Å². The molecule has 0 bridgehead atoms. The van der Waals surface area contributed by atoms with Gasteiger partial charge in [-0.2, -0.15) is 17.6 Å². The van der Waals surface area contributed by atoms with E-state index in [-0.39, 0.29) is 0 Å². The van der Waals surface area contributed by atoms with E-state index >= 15 is 0 Å². The van der Waals surface area contributed by atoms with Crippen LogP contribution in [-0.2, 0) is 0 Å². The highest BCUT2D eigenvalue weighted by Crippen LogP contribution is 2.30. The summed E-state index contributed by atoms with van der Waals surface area (Å²) in [6.07, 6.45) is -8.56. The van der Waals surface area contributed by atoms with Crippen molar-refractivity contribution in [3.63, 3.8) is 0 Å². The fourth-order valence-electron chi connectivity index (χ4n) is 1.95. The van der Waals surface area contributed by atoms with Crippen molar-refractivity contribution in [3.05, 3.63) is 59.4 Å². The highest BCUT2D eigenvalue weighted by molar-refractivity contribution is 7.27. The molecule has 0 amide bonds. The topological polar surface area (TPSA) is 35.2 Å². The summed E-state index contributed by atoms with van der Waals surface area (Å²) in [5.41, 5.74) is 6.91. The monoisotopic (exact) mass is 349 g/mol. The molecule has 0 radical (unpaired) electrons. The van der Waals surface area contributed by atoms with Crippen LogP contribution in [0.2, 0.25) is 0 Å². The smallest absolute Gasteiger partial charge is 0.428 e. The molecule has 0 heterocycles. The first-order valence-corrected chi connectivity index (χ1v) is 7.03. The van der Waals surface area contributed by atoms with E-state index in [1.54, 1.807) is 6.07 Å². The van der Waals surface area contributed by atoms with Gasteiger partial charge in [-0.25, -0.2) is 4.39 Å². The first-order valence-electron chi connectivity index (χ1n) is 6.45. The molecule has 0 aliphatic rings. The van der Waals surface area contributed by atoms with Gasteiger partial charge in [-0.1, -0.05) is 12.1 Å². The van der Waals surface area contributed by atoms with Crippen LogP contribution >= 0.6 is 9.24 Å². The van der Waals surface area contributed by atoms with Crippen molar-refractivity contribution in [3.8, 4) is 5.75 Å². The Kier molecular flexibility index (Phi) is 5.22. The van der Waals surface area contributed by atoms with Crippen molar-refractivity contribution in [2.24, 2.45) is 5.73 Å². The third-order valence-corrected chi connectivity index (χ3v) is 3.38. The molecule has 0 aromatic heterocycles. The van der Waals surface area contributed by atoms with Gasteiger partial charge in [0.2, 0.25) is 0 Å². The Morgan fingerprint density at radius 2 is 1.61 bits per heavy atom. The van der Waals surface area contributed by atoms with Gasteiger partial charge in [-0.3, -0.25) is 0 Å². The predicted octanol–water partition coefficient (Wildman–Crippen LogP) is 3.61. The zero-order valence-corrected chi connectivity index (χ0v) is 12.8. The molecular weight excluding hydrogens is 336 g/mol. The molecule has 2 aromatic rings. The molecule has 2 aromatic carbocycles.